The maximum Gasteiger partial charge on any atom is 0.258 e. The standard InChI is InChI=1S/C15H16N2O2/c16-10-11-6-8-13(9-7-11)15(19,14(17)18)12-4-2-1-3-5-12/h1-9,19H,10,16H2,(H2,17,18). The first-order valence-electron chi connectivity index (χ1n) is 5.96. The molecule has 0 fully saturated rings. The van der Waals surface area contributed by atoms with Crippen LogP contribution in [0.1, 0.15) is 16.7 Å². The minimum Gasteiger partial charge on any atom is -0.372 e. The van der Waals surface area contributed by atoms with Crippen LogP contribution in [-0.4, -0.2) is 11.0 Å². The summed E-state index contributed by atoms with van der Waals surface area (Å²) >= 11 is 0. The fraction of sp³-hybridized carbons (Fsp3) is 0.133. The minimum atomic E-state index is -1.83. The van der Waals surface area contributed by atoms with E-state index in [4.69, 9.17) is 11.5 Å². The van der Waals surface area contributed by atoms with Crippen LogP contribution in [0.15, 0.2) is 54.6 Å². The summed E-state index contributed by atoms with van der Waals surface area (Å²) in [7, 11) is 0. The van der Waals surface area contributed by atoms with Crippen molar-refractivity contribution in [2.24, 2.45) is 11.5 Å². The van der Waals surface area contributed by atoms with Crippen LogP contribution in [0.3, 0.4) is 0 Å². The number of amides is 1. The van der Waals surface area contributed by atoms with Crippen molar-refractivity contribution >= 4 is 5.91 Å². The maximum atomic E-state index is 11.7. The molecule has 0 saturated carbocycles. The number of hydrogen-bond acceptors (Lipinski definition) is 3. The lowest BCUT2D eigenvalue weighted by molar-refractivity contribution is -0.133. The minimum absolute atomic E-state index is 0.403. The predicted molar refractivity (Wildman–Crippen MR) is 73.0 cm³/mol. The number of benzene rings is 2. The van der Waals surface area contributed by atoms with E-state index in [9.17, 15) is 9.90 Å². The monoisotopic (exact) mass is 256 g/mol. The second-order valence-electron chi connectivity index (χ2n) is 4.34. The molecule has 0 aliphatic carbocycles. The zero-order valence-corrected chi connectivity index (χ0v) is 10.4. The summed E-state index contributed by atoms with van der Waals surface area (Å²) in [6.07, 6.45) is 0. The topological polar surface area (TPSA) is 89.3 Å². The molecule has 0 aliphatic rings. The molecule has 1 atom stereocenters. The molecular weight excluding hydrogens is 240 g/mol. The summed E-state index contributed by atoms with van der Waals surface area (Å²) in [6, 6.07) is 15.5. The van der Waals surface area contributed by atoms with Gasteiger partial charge in [-0.1, -0.05) is 54.6 Å². The van der Waals surface area contributed by atoms with E-state index in [0.717, 1.165) is 5.56 Å². The van der Waals surface area contributed by atoms with Gasteiger partial charge in [0, 0.05) is 6.54 Å². The van der Waals surface area contributed by atoms with Gasteiger partial charge in [0.05, 0.1) is 0 Å². The Morgan fingerprint density at radius 1 is 1.00 bits per heavy atom. The molecule has 0 radical (unpaired) electrons. The van der Waals surface area contributed by atoms with Gasteiger partial charge in [0.1, 0.15) is 0 Å². The van der Waals surface area contributed by atoms with E-state index in [0.29, 0.717) is 17.7 Å². The highest BCUT2D eigenvalue weighted by molar-refractivity contribution is 5.88. The Kier molecular flexibility index (Phi) is 3.64. The summed E-state index contributed by atoms with van der Waals surface area (Å²) in [5.74, 6) is -0.806. The molecular formula is C15H16N2O2. The highest BCUT2D eigenvalue weighted by Crippen LogP contribution is 2.29. The highest BCUT2D eigenvalue weighted by atomic mass is 16.3. The smallest absolute Gasteiger partial charge is 0.258 e. The molecule has 4 nitrogen and oxygen atoms in total. The molecule has 0 bridgehead atoms. The van der Waals surface area contributed by atoms with Gasteiger partial charge in [-0.3, -0.25) is 4.79 Å². The van der Waals surface area contributed by atoms with E-state index < -0.39 is 11.5 Å². The summed E-state index contributed by atoms with van der Waals surface area (Å²) in [6.45, 7) is 0.403. The van der Waals surface area contributed by atoms with E-state index >= 15 is 0 Å². The van der Waals surface area contributed by atoms with E-state index in [1.54, 1.807) is 48.5 Å². The van der Waals surface area contributed by atoms with E-state index in [1.807, 2.05) is 6.07 Å². The van der Waals surface area contributed by atoms with Gasteiger partial charge in [0.15, 0.2) is 5.60 Å². The van der Waals surface area contributed by atoms with Crippen LogP contribution < -0.4 is 11.5 Å². The fourth-order valence-electron chi connectivity index (χ4n) is 2.01. The Morgan fingerprint density at radius 2 is 1.53 bits per heavy atom. The Morgan fingerprint density at radius 3 is 2.00 bits per heavy atom. The number of hydrogen-bond donors (Lipinski definition) is 3. The molecule has 2 aromatic rings. The number of carbonyl (C=O) groups is 1. The third-order valence-electron chi connectivity index (χ3n) is 3.16. The predicted octanol–water partition coefficient (Wildman–Crippen LogP) is 0.866. The fourth-order valence-corrected chi connectivity index (χ4v) is 2.01. The SMILES string of the molecule is NCc1ccc(C(O)(C(N)=O)c2ccccc2)cc1. The van der Waals surface area contributed by atoms with Crippen LogP contribution in [0, 0.1) is 0 Å². The third kappa shape index (κ3) is 2.36. The second-order valence-corrected chi connectivity index (χ2v) is 4.34. The van der Waals surface area contributed by atoms with Crippen molar-refractivity contribution in [3.63, 3.8) is 0 Å². The van der Waals surface area contributed by atoms with Gasteiger partial charge in [-0.25, -0.2) is 0 Å². The van der Waals surface area contributed by atoms with E-state index in [-0.39, 0.29) is 0 Å². The number of carbonyl (C=O) groups excluding carboxylic acids is 1. The van der Waals surface area contributed by atoms with Crippen molar-refractivity contribution in [1.29, 1.82) is 0 Å². The maximum absolute atomic E-state index is 11.7. The van der Waals surface area contributed by atoms with E-state index in [2.05, 4.69) is 0 Å². The molecule has 4 heteroatoms. The molecule has 0 spiro atoms. The molecule has 98 valence electrons. The van der Waals surface area contributed by atoms with Crippen LogP contribution >= 0.6 is 0 Å². The number of rotatable bonds is 4. The first-order chi connectivity index (χ1) is 9.09. The Labute approximate surface area is 111 Å². The quantitative estimate of drug-likeness (QED) is 0.758. The third-order valence-corrected chi connectivity index (χ3v) is 3.16. The van der Waals surface area contributed by atoms with Crippen molar-refractivity contribution in [3.05, 3.63) is 71.3 Å². The zero-order chi connectivity index (χ0) is 13.9. The van der Waals surface area contributed by atoms with Gasteiger partial charge >= 0.3 is 0 Å². The van der Waals surface area contributed by atoms with Crippen LogP contribution in [0.2, 0.25) is 0 Å². The first kappa shape index (κ1) is 13.3. The molecule has 0 saturated heterocycles. The molecule has 0 heterocycles. The van der Waals surface area contributed by atoms with E-state index in [1.165, 1.54) is 0 Å². The largest absolute Gasteiger partial charge is 0.372 e. The summed E-state index contributed by atoms with van der Waals surface area (Å²) < 4.78 is 0. The average Bonchev–Trinajstić information content (AvgIpc) is 2.47. The summed E-state index contributed by atoms with van der Waals surface area (Å²) in [5, 5.41) is 10.7. The molecule has 1 amide bonds. The Balaban J connectivity index is 2.53. The van der Waals surface area contributed by atoms with Crippen LogP contribution in [0.25, 0.3) is 0 Å². The first-order valence-corrected chi connectivity index (χ1v) is 5.96. The number of primary amides is 1. The van der Waals surface area contributed by atoms with Crippen molar-refractivity contribution in [2.45, 2.75) is 12.1 Å². The lowest BCUT2D eigenvalue weighted by Gasteiger charge is -2.25. The van der Waals surface area contributed by atoms with Gasteiger partial charge in [0.25, 0.3) is 5.91 Å². The zero-order valence-electron chi connectivity index (χ0n) is 10.4. The Hall–Kier alpha value is -2.17. The van der Waals surface area contributed by atoms with Gasteiger partial charge in [0.2, 0.25) is 0 Å². The molecule has 19 heavy (non-hydrogen) atoms. The lowest BCUT2D eigenvalue weighted by Crippen LogP contribution is -2.42. The number of nitrogens with two attached hydrogens (primary N) is 2. The van der Waals surface area contributed by atoms with Crippen LogP contribution in [0.4, 0.5) is 0 Å². The normalized spacial score (nSPS) is 13.8. The van der Waals surface area contributed by atoms with Crippen LogP contribution in [0.5, 0.6) is 0 Å². The molecule has 0 aromatic heterocycles. The van der Waals surface area contributed by atoms with Gasteiger partial charge in [-0.05, 0) is 16.7 Å². The summed E-state index contributed by atoms with van der Waals surface area (Å²) in [5.41, 5.74) is 10.9. The average molecular weight is 256 g/mol. The van der Waals surface area contributed by atoms with Crippen molar-refractivity contribution in [2.75, 3.05) is 0 Å². The Bertz CT molecular complexity index is 566. The highest BCUT2D eigenvalue weighted by Gasteiger charge is 2.37. The van der Waals surface area contributed by atoms with Crippen molar-refractivity contribution in [1.82, 2.24) is 0 Å². The second kappa shape index (κ2) is 5.22. The molecule has 0 aliphatic heterocycles. The molecule has 5 N–H and O–H groups in total. The van der Waals surface area contributed by atoms with Gasteiger partial charge in [-0.15, -0.1) is 0 Å². The number of aliphatic hydroxyl groups is 1. The van der Waals surface area contributed by atoms with Crippen molar-refractivity contribution < 1.29 is 9.90 Å². The molecule has 1 unspecified atom stereocenters. The van der Waals surface area contributed by atoms with Gasteiger partial charge < -0.3 is 16.6 Å². The lowest BCUT2D eigenvalue weighted by atomic mass is 9.85. The molecule has 2 rings (SSSR count). The summed E-state index contributed by atoms with van der Waals surface area (Å²) in [4.78, 5) is 11.7. The van der Waals surface area contributed by atoms with Gasteiger partial charge in [-0.2, -0.15) is 0 Å². The molecule has 2 aromatic carbocycles. The van der Waals surface area contributed by atoms with Crippen molar-refractivity contribution in [3.8, 4) is 0 Å². The van der Waals surface area contributed by atoms with Crippen LogP contribution in [-0.2, 0) is 16.9 Å².